The van der Waals surface area contributed by atoms with Gasteiger partial charge in [-0.2, -0.15) is 0 Å². The van der Waals surface area contributed by atoms with Gasteiger partial charge in [-0.15, -0.1) is 0 Å². The third kappa shape index (κ3) is 4.89. The number of aryl methyl sites for hydroxylation is 1. The van der Waals surface area contributed by atoms with Crippen LogP contribution in [0, 0.1) is 10.1 Å². The third-order valence-corrected chi connectivity index (χ3v) is 3.17. The quantitative estimate of drug-likeness (QED) is 0.553. The predicted molar refractivity (Wildman–Crippen MR) is 83.0 cm³/mol. The van der Waals surface area contributed by atoms with Gasteiger partial charge >= 0.3 is 0 Å². The molecule has 1 aromatic heterocycles. The molecule has 0 fully saturated rings. The average molecular weight is 304 g/mol. The first kappa shape index (κ1) is 16.0. The summed E-state index contributed by atoms with van der Waals surface area (Å²) in [6, 6.07) is 9.87. The van der Waals surface area contributed by atoms with Crippen molar-refractivity contribution in [2.45, 2.75) is 19.4 Å². The maximum absolute atomic E-state index is 10.6. The molecule has 0 aliphatic heterocycles. The zero-order valence-electron chi connectivity index (χ0n) is 12.8. The molecule has 0 unspecified atom stereocenters. The van der Waals surface area contributed by atoms with Crippen LogP contribution in [0.15, 0.2) is 40.8 Å². The van der Waals surface area contributed by atoms with E-state index in [2.05, 4.69) is 4.90 Å². The van der Waals surface area contributed by atoms with Crippen molar-refractivity contribution in [1.82, 2.24) is 4.90 Å². The molecular weight excluding hydrogens is 284 g/mol. The normalized spacial score (nSPS) is 10.9. The molecule has 0 atom stereocenters. The largest absolute Gasteiger partial charge is 0.486 e. The lowest BCUT2D eigenvalue weighted by Gasteiger charge is -2.07. The lowest BCUT2D eigenvalue weighted by atomic mass is 10.2. The second kappa shape index (κ2) is 7.61. The highest BCUT2D eigenvalue weighted by molar-refractivity contribution is 5.36. The number of ether oxygens (including phenoxy) is 1. The fourth-order valence-electron chi connectivity index (χ4n) is 2.02. The van der Waals surface area contributed by atoms with Gasteiger partial charge in [-0.3, -0.25) is 10.1 Å². The van der Waals surface area contributed by atoms with Crippen LogP contribution in [0.1, 0.15) is 17.9 Å². The standard InChI is InChI=1S/C16H20N2O4/c1-17(2)11-3-4-15-9-10-16(22-15)12-21-14-7-5-13(6-8-14)18(19)20/h5-10H,3-4,11-12H2,1-2H3. The Morgan fingerprint density at radius 1 is 1.14 bits per heavy atom. The number of furan rings is 1. The van der Waals surface area contributed by atoms with E-state index in [1.807, 2.05) is 26.2 Å². The summed E-state index contributed by atoms with van der Waals surface area (Å²) in [4.78, 5) is 12.3. The molecule has 0 N–H and O–H groups in total. The molecule has 0 saturated heterocycles. The van der Waals surface area contributed by atoms with Crippen molar-refractivity contribution in [1.29, 1.82) is 0 Å². The summed E-state index contributed by atoms with van der Waals surface area (Å²) < 4.78 is 11.3. The fraction of sp³-hybridized carbons (Fsp3) is 0.375. The molecule has 2 rings (SSSR count). The summed E-state index contributed by atoms with van der Waals surface area (Å²) in [5.74, 6) is 2.28. The molecule has 6 heteroatoms. The van der Waals surface area contributed by atoms with Crippen LogP contribution in [-0.4, -0.2) is 30.5 Å². The molecule has 0 aliphatic rings. The number of nitrogens with zero attached hydrogens (tertiary/aromatic N) is 2. The van der Waals surface area contributed by atoms with E-state index >= 15 is 0 Å². The van der Waals surface area contributed by atoms with Crippen LogP contribution in [0.5, 0.6) is 5.75 Å². The Labute approximate surface area is 129 Å². The Morgan fingerprint density at radius 2 is 1.82 bits per heavy atom. The Balaban J connectivity index is 1.81. The van der Waals surface area contributed by atoms with Gasteiger partial charge in [0.05, 0.1) is 4.92 Å². The summed E-state index contributed by atoms with van der Waals surface area (Å²) in [6.07, 6.45) is 1.94. The molecule has 2 aromatic rings. The van der Waals surface area contributed by atoms with E-state index in [9.17, 15) is 10.1 Å². The average Bonchev–Trinajstić information content (AvgIpc) is 2.93. The fourth-order valence-corrected chi connectivity index (χ4v) is 2.02. The third-order valence-electron chi connectivity index (χ3n) is 3.17. The summed E-state index contributed by atoms with van der Waals surface area (Å²) in [5, 5.41) is 10.6. The number of nitro benzene ring substituents is 1. The topological polar surface area (TPSA) is 68.8 Å². The van der Waals surface area contributed by atoms with Crippen LogP contribution >= 0.6 is 0 Å². The van der Waals surface area contributed by atoms with Crippen molar-refractivity contribution >= 4 is 5.69 Å². The first-order valence-electron chi connectivity index (χ1n) is 7.14. The van der Waals surface area contributed by atoms with Crippen molar-refractivity contribution in [2.24, 2.45) is 0 Å². The molecule has 0 amide bonds. The molecule has 1 heterocycles. The number of non-ortho nitro benzene ring substituents is 1. The van der Waals surface area contributed by atoms with E-state index in [1.54, 1.807) is 12.1 Å². The Kier molecular flexibility index (Phi) is 5.55. The lowest BCUT2D eigenvalue weighted by molar-refractivity contribution is -0.384. The van der Waals surface area contributed by atoms with E-state index in [-0.39, 0.29) is 5.69 Å². The summed E-state index contributed by atoms with van der Waals surface area (Å²) in [5.41, 5.74) is 0.0496. The van der Waals surface area contributed by atoms with Gasteiger partial charge in [0.1, 0.15) is 23.9 Å². The van der Waals surface area contributed by atoms with E-state index in [4.69, 9.17) is 9.15 Å². The monoisotopic (exact) mass is 304 g/mol. The smallest absolute Gasteiger partial charge is 0.269 e. The zero-order chi connectivity index (χ0) is 15.9. The van der Waals surface area contributed by atoms with Crippen molar-refractivity contribution in [3.8, 4) is 5.75 Å². The van der Waals surface area contributed by atoms with Gasteiger partial charge in [-0.1, -0.05) is 0 Å². The van der Waals surface area contributed by atoms with Gasteiger partial charge in [0, 0.05) is 18.6 Å². The van der Waals surface area contributed by atoms with Crippen molar-refractivity contribution in [2.75, 3.05) is 20.6 Å². The highest BCUT2D eigenvalue weighted by Crippen LogP contribution is 2.19. The minimum absolute atomic E-state index is 0.0496. The minimum atomic E-state index is -0.434. The zero-order valence-corrected chi connectivity index (χ0v) is 12.8. The second-order valence-electron chi connectivity index (χ2n) is 5.31. The van der Waals surface area contributed by atoms with E-state index < -0.39 is 4.92 Å². The first-order chi connectivity index (χ1) is 10.5. The first-order valence-corrected chi connectivity index (χ1v) is 7.14. The van der Waals surface area contributed by atoms with Gasteiger partial charge in [-0.05, 0) is 51.3 Å². The number of benzene rings is 1. The van der Waals surface area contributed by atoms with Crippen LogP contribution in [-0.2, 0) is 13.0 Å². The number of rotatable bonds is 8. The molecule has 1 aromatic carbocycles. The molecular formula is C16H20N2O4. The van der Waals surface area contributed by atoms with E-state index in [0.717, 1.165) is 30.9 Å². The predicted octanol–water partition coefficient (Wildman–Crippen LogP) is 3.26. The Hall–Kier alpha value is -2.34. The molecule has 0 aliphatic carbocycles. The number of nitro groups is 1. The maximum atomic E-state index is 10.6. The van der Waals surface area contributed by atoms with Crippen LogP contribution in [0.4, 0.5) is 5.69 Å². The van der Waals surface area contributed by atoms with Gasteiger partial charge < -0.3 is 14.1 Å². The van der Waals surface area contributed by atoms with Crippen LogP contribution in [0.2, 0.25) is 0 Å². The second-order valence-corrected chi connectivity index (χ2v) is 5.31. The van der Waals surface area contributed by atoms with Gasteiger partial charge in [0.15, 0.2) is 0 Å². The Bertz CT molecular complexity index is 605. The SMILES string of the molecule is CN(C)CCCc1ccc(COc2ccc([N+](=O)[O-])cc2)o1. The highest BCUT2D eigenvalue weighted by atomic mass is 16.6. The number of hydrogen-bond donors (Lipinski definition) is 0. The molecule has 0 radical (unpaired) electrons. The molecule has 6 nitrogen and oxygen atoms in total. The molecule has 118 valence electrons. The molecule has 0 spiro atoms. The van der Waals surface area contributed by atoms with E-state index in [0.29, 0.717) is 12.4 Å². The number of hydrogen-bond acceptors (Lipinski definition) is 5. The molecule has 0 saturated carbocycles. The van der Waals surface area contributed by atoms with Crippen molar-refractivity contribution in [3.05, 3.63) is 58.0 Å². The Morgan fingerprint density at radius 3 is 2.45 bits per heavy atom. The summed E-state index contributed by atoms with van der Waals surface area (Å²) in [7, 11) is 4.09. The lowest BCUT2D eigenvalue weighted by Crippen LogP contribution is -2.13. The maximum Gasteiger partial charge on any atom is 0.269 e. The molecule has 0 bridgehead atoms. The van der Waals surface area contributed by atoms with Crippen LogP contribution in [0.25, 0.3) is 0 Å². The van der Waals surface area contributed by atoms with Gasteiger partial charge in [0.2, 0.25) is 0 Å². The minimum Gasteiger partial charge on any atom is -0.486 e. The van der Waals surface area contributed by atoms with Gasteiger partial charge in [0.25, 0.3) is 5.69 Å². The van der Waals surface area contributed by atoms with Crippen molar-refractivity contribution < 1.29 is 14.1 Å². The highest BCUT2D eigenvalue weighted by Gasteiger charge is 2.06. The van der Waals surface area contributed by atoms with Crippen LogP contribution < -0.4 is 4.74 Å². The van der Waals surface area contributed by atoms with Crippen molar-refractivity contribution in [3.63, 3.8) is 0 Å². The summed E-state index contributed by atoms with van der Waals surface area (Å²) >= 11 is 0. The summed E-state index contributed by atoms with van der Waals surface area (Å²) in [6.45, 7) is 1.33. The van der Waals surface area contributed by atoms with E-state index in [1.165, 1.54) is 12.1 Å². The van der Waals surface area contributed by atoms with Gasteiger partial charge in [-0.25, -0.2) is 0 Å². The van der Waals surface area contributed by atoms with Crippen LogP contribution in [0.3, 0.4) is 0 Å². The molecule has 22 heavy (non-hydrogen) atoms.